The highest BCUT2D eigenvalue weighted by Gasteiger charge is 2.26. The topological polar surface area (TPSA) is 594 Å². The van der Waals surface area contributed by atoms with E-state index in [9.17, 15) is 28.8 Å². The summed E-state index contributed by atoms with van der Waals surface area (Å²) >= 11 is 6.82. The summed E-state index contributed by atoms with van der Waals surface area (Å²) in [7, 11) is 0. The Kier molecular flexibility index (Phi) is 40.0. The van der Waals surface area contributed by atoms with E-state index in [1.807, 2.05) is 68.9 Å². The zero-order valence-electron chi connectivity index (χ0n) is 76.5. The van der Waals surface area contributed by atoms with Crippen LogP contribution in [0.15, 0.2) is 140 Å². The van der Waals surface area contributed by atoms with Crippen molar-refractivity contribution in [3.8, 4) is 103 Å². The molecule has 6 aliphatic heterocycles. The van der Waals surface area contributed by atoms with Gasteiger partial charge in [0, 0.05) is 82.3 Å². The van der Waals surface area contributed by atoms with E-state index in [0.29, 0.717) is 209 Å². The van der Waals surface area contributed by atoms with Crippen LogP contribution in [0.1, 0.15) is 83.4 Å². The molecule has 141 heavy (non-hydrogen) atoms. The van der Waals surface area contributed by atoms with E-state index in [-0.39, 0.29) is 122 Å². The molecule has 0 spiro atoms. The standard InChI is InChI=1S/6C14H15N3O5S.C2H6O/c6*1-2-17-12(15-16-14(17)23-7-13(18)19)6-20-9-3-4-10-11(5-9)22-8-21-10;1-2-3/h6*3-5H,2,6-8H2,1H3,(H,18,19);3H,2H2,1H3. The number of aliphatic carboxylic acids is 6. The second-order valence-corrected chi connectivity index (χ2v) is 33.7. The van der Waals surface area contributed by atoms with Crippen molar-refractivity contribution in [2.24, 2.45) is 0 Å². The number of fused-ring (bicyclic) bond motifs is 6. The predicted octanol–water partition coefficient (Wildman–Crippen LogP) is 10.7. The maximum absolute atomic E-state index is 10.7. The Bertz CT molecular complexity index is 5280. The van der Waals surface area contributed by atoms with Gasteiger partial charge < -0.3 is 148 Å². The molecule has 55 heteroatoms. The fourth-order valence-corrected chi connectivity index (χ4v) is 17.0. The number of nitrogens with zero attached hydrogens (tertiary/aromatic N) is 18. The van der Waals surface area contributed by atoms with E-state index >= 15 is 0 Å². The van der Waals surface area contributed by atoms with Crippen molar-refractivity contribution in [1.82, 2.24) is 88.6 Å². The minimum Gasteiger partial charge on any atom is -0.485 e. The zero-order chi connectivity index (χ0) is 100. The van der Waals surface area contributed by atoms with Gasteiger partial charge in [0.05, 0.1) is 34.5 Å². The zero-order valence-corrected chi connectivity index (χ0v) is 81.4. The quantitative estimate of drug-likeness (QED) is 0.0175. The molecule has 6 aromatic heterocycles. The van der Waals surface area contributed by atoms with Gasteiger partial charge >= 0.3 is 35.8 Å². The lowest BCUT2D eigenvalue weighted by atomic mass is 10.3. The van der Waals surface area contributed by atoms with Crippen LogP contribution in [0.5, 0.6) is 103 Å². The molecule has 0 fully saturated rings. The minimum absolute atomic E-state index is 0.0544. The third-order valence-electron chi connectivity index (χ3n) is 18.9. The first-order valence-corrected chi connectivity index (χ1v) is 48.7. The highest BCUT2D eigenvalue weighted by Crippen LogP contribution is 2.42. The average Bonchev–Trinajstić information content (AvgIpc) is 1.70. The van der Waals surface area contributed by atoms with Crippen LogP contribution in [0.2, 0.25) is 0 Å². The molecule has 12 aromatic rings. The SMILES string of the molecule is CCO.CCn1c(COc2ccc3c(c2)OCO3)nnc1SCC(=O)O.CCn1c(COc2ccc3c(c2)OCO3)nnc1SCC(=O)O.CCn1c(COc2ccc3c(c2)OCO3)nnc1SCC(=O)O.CCn1c(COc2ccc3c(c2)OCO3)nnc1SCC(=O)O.CCn1c(COc2ccc3c(c2)OCO3)nnc1SCC(=O)O.CCn1c(COc2ccc3c(c2)OCO3)nnc1SCC(=O)O. The first-order chi connectivity index (χ1) is 68.4. The fourth-order valence-electron chi connectivity index (χ4n) is 12.5. The van der Waals surface area contributed by atoms with Crippen molar-refractivity contribution in [3.63, 3.8) is 0 Å². The van der Waals surface area contributed by atoms with Gasteiger partial charge in [-0.25, -0.2) is 0 Å². The van der Waals surface area contributed by atoms with Crippen LogP contribution >= 0.6 is 70.6 Å². The Balaban J connectivity index is 0.000000150. The number of hydrogen-bond acceptors (Lipinski definition) is 43. The van der Waals surface area contributed by atoms with E-state index in [1.54, 1.807) is 116 Å². The molecule has 0 saturated heterocycles. The van der Waals surface area contributed by atoms with Gasteiger partial charge in [0.25, 0.3) is 0 Å². The van der Waals surface area contributed by atoms with Crippen LogP contribution in [-0.4, -0.2) is 242 Å². The minimum atomic E-state index is -0.890. The second kappa shape index (κ2) is 53.6. The molecule has 18 rings (SSSR count). The van der Waals surface area contributed by atoms with Crippen molar-refractivity contribution in [3.05, 3.63) is 144 Å². The highest BCUT2D eigenvalue weighted by molar-refractivity contribution is 8.01. The number of benzene rings is 6. The number of carbonyl (C=O) groups is 6. The Morgan fingerprint density at radius 1 is 0.241 bits per heavy atom. The van der Waals surface area contributed by atoms with Crippen molar-refractivity contribution < 1.29 is 150 Å². The number of aromatic nitrogens is 18. The van der Waals surface area contributed by atoms with Crippen molar-refractivity contribution >= 4 is 106 Å². The van der Waals surface area contributed by atoms with E-state index in [0.717, 1.165) is 70.6 Å². The maximum Gasteiger partial charge on any atom is 0.313 e. The van der Waals surface area contributed by atoms with E-state index in [1.165, 1.54) is 0 Å². The molecule has 0 aliphatic carbocycles. The number of ether oxygens (including phenoxy) is 18. The van der Waals surface area contributed by atoms with Crippen LogP contribution < -0.4 is 85.3 Å². The average molecular weight is 2070 g/mol. The van der Waals surface area contributed by atoms with E-state index in [4.69, 9.17) is 121 Å². The van der Waals surface area contributed by atoms with Crippen LogP contribution in [0.3, 0.4) is 0 Å². The number of hydrogen-bond donors (Lipinski definition) is 7. The largest absolute Gasteiger partial charge is 0.485 e. The van der Waals surface area contributed by atoms with Gasteiger partial charge in [-0.15, -0.1) is 61.2 Å². The number of rotatable bonds is 42. The van der Waals surface area contributed by atoms with Crippen LogP contribution in [0, 0.1) is 0 Å². The van der Waals surface area contributed by atoms with Gasteiger partial charge in [-0.05, 0) is 121 Å². The first-order valence-electron chi connectivity index (χ1n) is 42.8. The molecule has 0 radical (unpaired) electrons. The van der Waals surface area contributed by atoms with Crippen LogP contribution in [-0.2, 0) is 108 Å². The van der Waals surface area contributed by atoms with Gasteiger partial charge in [0.15, 0.2) is 135 Å². The molecule has 0 amide bonds. The van der Waals surface area contributed by atoms with Gasteiger partial charge in [-0.1, -0.05) is 70.6 Å². The Morgan fingerprint density at radius 3 is 0.504 bits per heavy atom. The highest BCUT2D eigenvalue weighted by atomic mass is 32.2. The molecule has 6 aromatic carbocycles. The summed E-state index contributed by atoms with van der Waals surface area (Å²) < 4.78 is 109. The molecule has 7 N–H and O–H groups in total. The number of aliphatic hydroxyl groups is 1. The van der Waals surface area contributed by atoms with Crippen molar-refractivity contribution in [2.75, 3.05) is 81.9 Å². The fraction of sp³-hybridized carbons (Fsp3) is 0.372. The normalized spacial score (nSPS) is 12.3. The van der Waals surface area contributed by atoms with Crippen LogP contribution in [0.25, 0.3) is 0 Å². The van der Waals surface area contributed by atoms with Crippen LogP contribution in [0.4, 0.5) is 0 Å². The van der Waals surface area contributed by atoms with E-state index in [2.05, 4.69) is 61.2 Å². The lowest BCUT2D eigenvalue weighted by Gasteiger charge is -2.09. The smallest absolute Gasteiger partial charge is 0.313 e. The molecule has 12 heterocycles. The Labute approximate surface area is 827 Å². The molecule has 6 aliphatic rings. The van der Waals surface area contributed by atoms with Crippen molar-refractivity contribution in [1.29, 1.82) is 0 Å². The molecule has 0 atom stereocenters. The molecule has 49 nitrogen and oxygen atoms in total. The number of aliphatic hydroxyl groups excluding tert-OH is 1. The predicted molar refractivity (Wildman–Crippen MR) is 498 cm³/mol. The Morgan fingerprint density at radius 2 is 0.376 bits per heavy atom. The molecule has 0 bridgehead atoms. The summed E-state index contributed by atoms with van der Waals surface area (Å²) in [5, 5.41) is 112. The van der Waals surface area contributed by atoms with Gasteiger partial charge in [0.2, 0.25) is 40.8 Å². The molecule has 752 valence electrons. The van der Waals surface area contributed by atoms with Gasteiger partial charge in [-0.2, -0.15) is 0 Å². The number of thioether (sulfide) groups is 6. The lowest BCUT2D eigenvalue weighted by Crippen LogP contribution is -2.08. The molecule has 0 unspecified atom stereocenters. The summed E-state index contributed by atoms with van der Waals surface area (Å²) in [4.78, 5) is 63.9. The lowest BCUT2D eigenvalue weighted by molar-refractivity contribution is -0.134. The van der Waals surface area contributed by atoms with E-state index < -0.39 is 35.8 Å². The summed E-state index contributed by atoms with van der Waals surface area (Å²) in [5.74, 6) is 10.1. The third kappa shape index (κ3) is 30.7. The first kappa shape index (κ1) is 105. The second-order valence-electron chi connectivity index (χ2n) is 28.1. The summed E-state index contributed by atoms with van der Waals surface area (Å²) in [6.07, 6.45) is 0. The van der Waals surface area contributed by atoms with Gasteiger partial charge in [0.1, 0.15) is 74.1 Å². The third-order valence-corrected chi connectivity index (χ3v) is 24.6. The monoisotopic (exact) mass is 2070 g/mol. The number of carboxylic acid groups (broad SMARTS) is 6. The maximum atomic E-state index is 10.7. The summed E-state index contributed by atoms with van der Waals surface area (Å²) in [5.41, 5.74) is 0. The molecular weight excluding hydrogens is 1970 g/mol. The van der Waals surface area contributed by atoms with Gasteiger partial charge in [-0.3, -0.25) is 28.8 Å². The number of carboxylic acids is 6. The summed E-state index contributed by atoms with van der Waals surface area (Å²) in [6.45, 7) is 20.1. The summed E-state index contributed by atoms with van der Waals surface area (Å²) in [6, 6.07) is 32.0. The Hall–Kier alpha value is -14.6. The van der Waals surface area contributed by atoms with Crippen molar-refractivity contribution in [2.45, 2.75) is 158 Å². The molecule has 0 saturated carbocycles. The molecular formula is C86H96N18O31S6.